The van der Waals surface area contributed by atoms with E-state index < -0.39 is 0 Å². The lowest BCUT2D eigenvalue weighted by molar-refractivity contribution is -0.0458. The highest BCUT2D eigenvalue weighted by Crippen LogP contribution is 2.40. The molecule has 0 radical (unpaired) electrons. The molecule has 1 saturated carbocycles. The van der Waals surface area contributed by atoms with Crippen LogP contribution in [-0.4, -0.2) is 88.4 Å². The molecule has 14 heteroatoms. The summed E-state index contributed by atoms with van der Waals surface area (Å²) in [7, 11) is 0. The molecule has 0 unspecified atom stereocenters. The number of benzene rings is 1. The minimum absolute atomic E-state index is 0.0170. The van der Waals surface area contributed by atoms with E-state index in [4.69, 9.17) is 30.9 Å². The maximum atomic E-state index is 6.45. The Morgan fingerprint density at radius 1 is 0.935 bits per heavy atom. The van der Waals surface area contributed by atoms with Crippen molar-refractivity contribution in [3.63, 3.8) is 0 Å². The van der Waals surface area contributed by atoms with E-state index in [0.717, 1.165) is 42.9 Å². The van der Waals surface area contributed by atoms with Crippen LogP contribution in [0.25, 0.3) is 11.1 Å². The molecule has 2 aliphatic heterocycles. The van der Waals surface area contributed by atoms with E-state index in [9.17, 15) is 0 Å². The number of rotatable bonds is 11. The van der Waals surface area contributed by atoms with Gasteiger partial charge in [-0.2, -0.15) is 0 Å². The van der Waals surface area contributed by atoms with E-state index in [1.165, 1.54) is 25.7 Å². The highest BCUT2D eigenvalue weighted by molar-refractivity contribution is 6.32. The molecule has 2 bridgehead atoms. The predicted octanol–water partition coefficient (Wildman–Crippen LogP) is 5.33. The lowest BCUT2D eigenvalue weighted by atomic mass is 9.89. The highest BCUT2D eigenvalue weighted by atomic mass is 35.5. The number of nitrogens with one attached hydrogen (secondary N) is 1. The summed E-state index contributed by atoms with van der Waals surface area (Å²) in [5.41, 5.74) is 2.48. The number of fused-ring (bicyclic) bond motifs is 2. The van der Waals surface area contributed by atoms with E-state index in [1.807, 2.05) is 45.2 Å². The van der Waals surface area contributed by atoms with Gasteiger partial charge in [-0.05, 0) is 87.4 Å². The Morgan fingerprint density at radius 3 is 2.35 bits per heavy atom. The lowest BCUT2D eigenvalue weighted by Gasteiger charge is -2.43. The second-order valence-electron chi connectivity index (χ2n) is 12.9. The number of hydrogen-bond acceptors (Lipinski definition) is 11. The second kappa shape index (κ2) is 13.5. The fourth-order valence-electron chi connectivity index (χ4n) is 7.05. The first-order valence-electron chi connectivity index (χ1n) is 16.3. The fraction of sp³-hybridized carbons (Fsp3) is 0.562. The topological polar surface area (TPSA) is 130 Å². The predicted molar refractivity (Wildman–Crippen MR) is 172 cm³/mol. The van der Waals surface area contributed by atoms with Crippen LogP contribution >= 0.6 is 11.6 Å². The number of aromatic nitrogens is 8. The molecule has 1 aliphatic carbocycles. The molecule has 5 heterocycles. The third-order valence-electron chi connectivity index (χ3n) is 9.13. The van der Waals surface area contributed by atoms with Crippen molar-refractivity contribution in [3.8, 4) is 22.8 Å². The van der Waals surface area contributed by atoms with Crippen molar-refractivity contribution in [1.82, 2.24) is 44.9 Å². The monoisotopic (exact) mass is 648 g/mol. The number of morpholine rings is 1. The number of halogens is 1. The van der Waals surface area contributed by atoms with Crippen LogP contribution in [0.5, 0.6) is 11.6 Å². The number of tetrazole rings is 1. The largest absolute Gasteiger partial charge is 0.487 e. The van der Waals surface area contributed by atoms with Gasteiger partial charge in [0.1, 0.15) is 23.9 Å². The SMILES string of the molecule is CC(C)Oc1nn(C2CCC(N3[C@@H]4CC[C@H]3COC4)CC2)cc1Nc1ncc(-c2ccc(Cl)c(O[C@@H](C)Cn3cnnn3)c2)cn1. The molecule has 7 rings (SSSR count). The van der Waals surface area contributed by atoms with Gasteiger partial charge in [0, 0.05) is 36.1 Å². The van der Waals surface area contributed by atoms with E-state index in [-0.39, 0.29) is 12.2 Å². The van der Waals surface area contributed by atoms with Gasteiger partial charge in [-0.15, -0.1) is 10.2 Å². The normalized spacial score (nSPS) is 23.8. The summed E-state index contributed by atoms with van der Waals surface area (Å²) in [5.74, 6) is 1.59. The molecule has 3 atom stereocenters. The van der Waals surface area contributed by atoms with Crippen molar-refractivity contribution in [1.29, 1.82) is 0 Å². The first-order chi connectivity index (χ1) is 22.4. The molecule has 3 fully saturated rings. The minimum atomic E-state index is -0.197. The van der Waals surface area contributed by atoms with Crippen LogP contribution in [-0.2, 0) is 11.3 Å². The Hall–Kier alpha value is -3.81. The van der Waals surface area contributed by atoms with Crippen molar-refractivity contribution in [2.45, 2.75) is 102 Å². The second-order valence-corrected chi connectivity index (χ2v) is 13.3. The van der Waals surface area contributed by atoms with Gasteiger partial charge in [0.15, 0.2) is 0 Å². The number of nitrogens with zero attached hydrogens (tertiary/aromatic N) is 9. The van der Waals surface area contributed by atoms with Crippen LogP contribution in [0.1, 0.15) is 65.3 Å². The fourth-order valence-corrected chi connectivity index (χ4v) is 7.21. The number of ether oxygens (including phenoxy) is 3. The van der Waals surface area contributed by atoms with Gasteiger partial charge >= 0.3 is 0 Å². The maximum absolute atomic E-state index is 6.45. The van der Waals surface area contributed by atoms with Gasteiger partial charge in [-0.25, -0.2) is 14.6 Å². The average Bonchev–Trinajstić information content (AvgIpc) is 3.76. The molecule has 4 aromatic rings. The van der Waals surface area contributed by atoms with E-state index in [1.54, 1.807) is 23.4 Å². The van der Waals surface area contributed by atoms with E-state index in [0.29, 0.717) is 53.3 Å². The van der Waals surface area contributed by atoms with Crippen LogP contribution in [0.4, 0.5) is 11.6 Å². The quantitative estimate of drug-likeness (QED) is 0.227. The van der Waals surface area contributed by atoms with Crippen LogP contribution < -0.4 is 14.8 Å². The first kappa shape index (κ1) is 30.8. The molecule has 0 amide bonds. The van der Waals surface area contributed by atoms with Crippen LogP contribution in [0.2, 0.25) is 5.02 Å². The molecular weight excluding hydrogens is 608 g/mol. The van der Waals surface area contributed by atoms with Crippen molar-refractivity contribution >= 4 is 23.2 Å². The third kappa shape index (κ3) is 6.81. The van der Waals surface area contributed by atoms with Gasteiger partial charge in [0.05, 0.1) is 43.1 Å². The first-order valence-corrected chi connectivity index (χ1v) is 16.6. The van der Waals surface area contributed by atoms with Crippen molar-refractivity contribution in [2.24, 2.45) is 0 Å². The highest BCUT2D eigenvalue weighted by Gasteiger charge is 2.42. The summed E-state index contributed by atoms with van der Waals surface area (Å²) in [4.78, 5) is 12.0. The zero-order chi connectivity index (χ0) is 31.6. The van der Waals surface area contributed by atoms with Gasteiger partial charge in [-0.1, -0.05) is 17.7 Å². The summed E-state index contributed by atoms with van der Waals surface area (Å²) in [6.45, 7) is 8.23. The molecule has 1 N–H and O–H groups in total. The van der Waals surface area contributed by atoms with Crippen LogP contribution in [0.3, 0.4) is 0 Å². The molecule has 3 aliphatic rings. The van der Waals surface area contributed by atoms with Crippen molar-refractivity contribution in [3.05, 3.63) is 48.1 Å². The van der Waals surface area contributed by atoms with Crippen LogP contribution in [0, 0.1) is 0 Å². The Labute approximate surface area is 273 Å². The lowest BCUT2D eigenvalue weighted by Crippen LogP contribution is -2.52. The summed E-state index contributed by atoms with van der Waals surface area (Å²) < 4.78 is 21.7. The standard InChI is InChI=1S/C32H41ClN10O3/c1-20(2)45-31-29(16-42(38-31)24-5-7-25(8-6-24)43-26-9-10-27(43)18-44-17-26)37-32-34-13-23(14-35-32)22-4-11-28(33)30(12-22)46-21(3)15-41-19-36-39-40-41/h4,11-14,16,19-21,24-27H,5-10,15,17-18H2,1-3H3,(H,34,35,37)/t21-,24?,25?,26-,27+/m0/s1. The number of hydrogen-bond donors (Lipinski definition) is 1. The Bertz CT molecular complexity index is 1570. The van der Waals surface area contributed by atoms with Gasteiger partial charge in [0.2, 0.25) is 5.95 Å². The molecule has 13 nitrogen and oxygen atoms in total. The molecule has 3 aromatic heterocycles. The Kier molecular flexibility index (Phi) is 9.05. The summed E-state index contributed by atoms with van der Waals surface area (Å²) in [6, 6.07) is 7.81. The minimum Gasteiger partial charge on any atom is -0.487 e. The van der Waals surface area contributed by atoms with Gasteiger partial charge in [0.25, 0.3) is 5.88 Å². The van der Waals surface area contributed by atoms with E-state index in [2.05, 4.69) is 40.4 Å². The third-order valence-corrected chi connectivity index (χ3v) is 9.44. The zero-order valence-electron chi connectivity index (χ0n) is 26.5. The smallest absolute Gasteiger partial charge is 0.257 e. The average molecular weight is 649 g/mol. The molecule has 46 heavy (non-hydrogen) atoms. The number of anilines is 2. The van der Waals surface area contributed by atoms with Crippen LogP contribution in [0.15, 0.2) is 43.1 Å². The molecule has 244 valence electrons. The van der Waals surface area contributed by atoms with Crippen molar-refractivity contribution < 1.29 is 14.2 Å². The maximum Gasteiger partial charge on any atom is 0.257 e. The molecule has 2 saturated heterocycles. The zero-order valence-corrected chi connectivity index (χ0v) is 27.3. The molecule has 0 spiro atoms. The Balaban J connectivity index is 1.01. The molecule has 1 aromatic carbocycles. The summed E-state index contributed by atoms with van der Waals surface area (Å²) >= 11 is 6.45. The van der Waals surface area contributed by atoms with E-state index >= 15 is 0 Å². The Morgan fingerprint density at radius 2 is 1.65 bits per heavy atom. The summed E-state index contributed by atoms with van der Waals surface area (Å²) in [6.07, 6.45) is 14.0. The van der Waals surface area contributed by atoms with Gasteiger partial charge in [-0.3, -0.25) is 9.58 Å². The van der Waals surface area contributed by atoms with Crippen molar-refractivity contribution in [2.75, 3.05) is 18.5 Å². The molecular formula is C32H41ClN10O3. The summed E-state index contributed by atoms with van der Waals surface area (Å²) in [5, 5.41) is 20.0. The van der Waals surface area contributed by atoms with Gasteiger partial charge < -0.3 is 19.5 Å².